The Labute approximate surface area is 111 Å². The molecule has 0 bridgehead atoms. The standard InChI is InChI=1S/C14H17ClO3/c15-12-4-2-1-3-11(12)9-5-7-10(8-6-9)13(16)14(17)18/h5-8,11-13,16H,1-4H2,(H,17,18). The molecule has 1 fully saturated rings. The Kier molecular flexibility index (Phi) is 4.25. The number of halogens is 1. The first-order chi connectivity index (χ1) is 8.59. The number of carbonyl (C=O) groups is 1. The third-order valence-electron chi connectivity index (χ3n) is 3.60. The molecular weight excluding hydrogens is 252 g/mol. The summed E-state index contributed by atoms with van der Waals surface area (Å²) in [5.41, 5.74) is 1.55. The molecule has 0 saturated heterocycles. The van der Waals surface area contributed by atoms with E-state index in [0.717, 1.165) is 18.4 Å². The fourth-order valence-electron chi connectivity index (χ4n) is 2.53. The highest BCUT2D eigenvalue weighted by molar-refractivity contribution is 6.21. The van der Waals surface area contributed by atoms with Crippen molar-refractivity contribution in [1.82, 2.24) is 0 Å². The first kappa shape index (κ1) is 13.4. The average molecular weight is 269 g/mol. The molecule has 0 heterocycles. The minimum atomic E-state index is -1.45. The minimum absolute atomic E-state index is 0.161. The van der Waals surface area contributed by atoms with Gasteiger partial charge >= 0.3 is 5.97 Å². The maximum atomic E-state index is 10.7. The molecule has 1 aliphatic rings. The zero-order valence-corrected chi connectivity index (χ0v) is 10.8. The van der Waals surface area contributed by atoms with E-state index in [2.05, 4.69) is 0 Å². The number of aliphatic hydroxyl groups is 1. The second-order valence-electron chi connectivity index (χ2n) is 4.81. The molecular formula is C14H17ClO3. The Balaban J connectivity index is 2.14. The second-order valence-corrected chi connectivity index (χ2v) is 5.37. The Morgan fingerprint density at radius 2 is 1.83 bits per heavy atom. The van der Waals surface area contributed by atoms with Crippen molar-refractivity contribution in [2.45, 2.75) is 43.1 Å². The van der Waals surface area contributed by atoms with Crippen LogP contribution in [0.4, 0.5) is 0 Å². The van der Waals surface area contributed by atoms with Gasteiger partial charge in [0, 0.05) is 11.3 Å². The Morgan fingerprint density at radius 3 is 2.39 bits per heavy atom. The molecule has 0 aromatic heterocycles. The van der Waals surface area contributed by atoms with Crippen molar-refractivity contribution >= 4 is 17.6 Å². The highest BCUT2D eigenvalue weighted by atomic mass is 35.5. The summed E-state index contributed by atoms with van der Waals surface area (Å²) in [6.07, 6.45) is 3.03. The van der Waals surface area contributed by atoms with Gasteiger partial charge in [-0.25, -0.2) is 4.79 Å². The summed E-state index contributed by atoms with van der Waals surface area (Å²) >= 11 is 6.33. The van der Waals surface area contributed by atoms with E-state index in [1.807, 2.05) is 12.1 Å². The molecule has 3 atom stereocenters. The van der Waals surface area contributed by atoms with E-state index in [4.69, 9.17) is 16.7 Å². The van der Waals surface area contributed by atoms with Crippen LogP contribution < -0.4 is 0 Å². The third-order valence-corrected chi connectivity index (χ3v) is 4.12. The maximum Gasteiger partial charge on any atom is 0.337 e. The molecule has 1 aromatic carbocycles. The highest BCUT2D eigenvalue weighted by Gasteiger charge is 2.25. The monoisotopic (exact) mass is 268 g/mol. The summed E-state index contributed by atoms with van der Waals surface area (Å²) in [5, 5.41) is 18.3. The van der Waals surface area contributed by atoms with Crippen LogP contribution in [0.15, 0.2) is 24.3 Å². The minimum Gasteiger partial charge on any atom is -0.479 e. The lowest BCUT2D eigenvalue weighted by Gasteiger charge is -2.27. The first-order valence-corrected chi connectivity index (χ1v) is 6.68. The highest BCUT2D eigenvalue weighted by Crippen LogP contribution is 2.36. The number of carboxylic acid groups (broad SMARTS) is 1. The lowest BCUT2D eigenvalue weighted by Crippen LogP contribution is -2.18. The van der Waals surface area contributed by atoms with Crippen molar-refractivity contribution in [3.63, 3.8) is 0 Å². The lowest BCUT2D eigenvalue weighted by molar-refractivity contribution is -0.146. The SMILES string of the molecule is O=C(O)C(O)c1ccc(C2CCCCC2Cl)cc1. The number of hydrogen-bond acceptors (Lipinski definition) is 2. The summed E-state index contributed by atoms with van der Waals surface area (Å²) < 4.78 is 0. The van der Waals surface area contributed by atoms with Gasteiger partial charge in [0.25, 0.3) is 0 Å². The zero-order chi connectivity index (χ0) is 13.1. The molecule has 1 aliphatic carbocycles. The second kappa shape index (κ2) is 5.72. The smallest absolute Gasteiger partial charge is 0.337 e. The Bertz CT molecular complexity index is 416. The van der Waals surface area contributed by atoms with Crippen molar-refractivity contribution in [1.29, 1.82) is 0 Å². The third kappa shape index (κ3) is 2.85. The molecule has 0 spiro atoms. The van der Waals surface area contributed by atoms with Gasteiger partial charge in [-0.05, 0) is 24.0 Å². The van der Waals surface area contributed by atoms with Gasteiger partial charge in [0.1, 0.15) is 0 Å². The van der Waals surface area contributed by atoms with Crippen LogP contribution in [0.3, 0.4) is 0 Å². The van der Waals surface area contributed by atoms with Gasteiger partial charge in [-0.15, -0.1) is 11.6 Å². The molecule has 2 rings (SSSR count). The topological polar surface area (TPSA) is 57.5 Å². The van der Waals surface area contributed by atoms with Gasteiger partial charge in [-0.3, -0.25) is 0 Å². The number of alkyl halides is 1. The number of hydrogen-bond donors (Lipinski definition) is 2. The van der Waals surface area contributed by atoms with Crippen LogP contribution in [0.25, 0.3) is 0 Å². The summed E-state index contributed by atoms with van der Waals surface area (Å²) in [6.45, 7) is 0. The van der Waals surface area contributed by atoms with Crippen LogP contribution in [0.2, 0.25) is 0 Å². The lowest BCUT2D eigenvalue weighted by atomic mass is 9.83. The molecule has 98 valence electrons. The van der Waals surface area contributed by atoms with Crippen molar-refractivity contribution in [3.05, 3.63) is 35.4 Å². The van der Waals surface area contributed by atoms with Crippen molar-refractivity contribution in [2.75, 3.05) is 0 Å². The van der Waals surface area contributed by atoms with E-state index in [9.17, 15) is 9.90 Å². The fourth-order valence-corrected chi connectivity index (χ4v) is 2.95. The summed E-state index contributed by atoms with van der Waals surface area (Å²) in [4.78, 5) is 10.7. The summed E-state index contributed by atoms with van der Waals surface area (Å²) in [7, 11) is 0. The van der Waals surface area contributed by atoms with Crippen molar-refractivity contribution in [2.24, 2.45) is 0 Å². The van der Waals surface area contributed by atoms with E-state index >= 15 is 0 Å². The van der Waals surface area contributed by atoms with Crippen molar-refractivity contribution < 1.29 is 15.0 Å². The Hall–Kier alpha value is -1.06. The molecule has 3 nitrogen and oxygen atoms in total. The van der Waals surface area contributed by atoms with E-state index in [-0.39, 0.29) is 5.38 Å². The number of aliphatic carboxylic acids is 1. The van der Waals surface area contributed by atoms with Gasteiger partial charge in [-0.1, -0.05) is 37.1 Å². The molecule has 3 unspecified atom stereocenters. The largest absolute Gasteiger partial charge is 0.479 e. The molecule has 18 heavy (non-hydrogen) atoms. The van der Waals surface area contributed by atoms with Gasteiger partial charge in [0.05, 0.1) is 0 Å². The average Bonchev–Trinajstić information content (AvgIpc) is 2.38. The van der Waals surface area contributed by atoms with Crippen LogP contribution in [-0.4, -0.2) is 21.6 Å². The number of rotatable bonds is 3. The van der Waals surface area contributed by atoms with Crippen LogP contribution in [0.5, 0.6) is 0 Å². The van der Waals surface area contributed by atoms with Gasteiger partial charge < -0.3 is 10.2 Å². The molecule has 0 aliphatic heterocycles. The fraction of sp³-hybridized carbons (Fsp3) is 0.500. The van der Waals surface area contributed by atoms with Crippen molar-refractivity contribution in [3.8, 4) is 0 Å². The predicted molar refractivity (Wildman–Crippen MR) is 69.9 cm³/mol. The van der Waals surface area contributed by atoms with E-state index in [1.54, 1.807) is 12.1 Å². The van der Waals surface area contributed by atoms with Crippen LogP contribution in [-0.2, 0) is 4.79 Å². The van der Waals surface area contributed by atoms with Gasteiger partial charge in [-0.2, -0.15) is 0 Å². The predicted octanol–water partition coefficient (Wildman–Crippen LogP) is 3.07. The van der Waals surface area contributed by atoms with Crippen LogP contribution in [0.1, 0.15) is 48.8 Å². The van der Waals surface area contributed by atoms with E-state index < -0.39 is 12.1 Å². The number of carboxylic acids is 1. The number of aliphatic hydroxyl groups excluding tert-OH is 1. The van der Waals surface area contributed by atoms with Gasteiger partial charge in [0.15, 0.2) is 6.10 Å². The molecule has 1 aromatic rings. The molecule has 2 N–H and O–H groups in total. The first-order valence-electron chi connectivity index (χ1n) is 6.24. The maximum absolute atomic E-state index is 10.7. The quantitative estimate of drug-likeness (QED) is 0.829. The zero-order valence-electron chi connectivity index (χ0n) is 10.1. The number of benzene rings is 1. The summed E-state index contributed by atoms with van der Waals surface area (Å²) in [6, 6.07) is 7.11. The van der Waals surface area contributed by atoms with E-state index in [1.165, 1.54) is 12.8 Å². The van der Waals surface area contributed by atoms with E-state index in [0.29, 0.717) is 11.5 Å². The Morgan fingerprint density at radius 1 is 1.22 bits per heavy atom. The van der Waals surface area contributed by atoms with Gasteiger partial charge in [0.2, 0.25) is 0 Å². The normalized spacial score (nSPS) is 25.7. The molecule has 0 amide bonds. The molecule has 4 heteroatoms. The van der Waals surface area contributed by atoms with Crippen LogP contribution >= 0.6 is 11.6 Å². The molecule has 1 saturated carbocycles. The summed E-state index contributed by atoms with van der Waals surface area (Å²) in [5.74, 6) is -0.882. The molecule has 0 radical (unpaired) electrons. The van der Waals surface area contributed by atoms with Crippen LogP contribution in [0, 0.1) is 0 Å².